The smallest absolute Gasteiger partial charge is 0.289 e. The number of carbonyl (C=O) groups excluding carboxylic acids is 1. The van der Waals surface area contributed by atoms with Gasteiger partial charge in [-0.05, 0) is 56.4 Å². The highest BCUT2D eigenvalue weighted by Crippen LogP contribution is 2.32. The molecule has 1 amide bonds. The van der Waals surface area contributed by atoms with Crippen molar-refractivity contribution in [1.82, 2.24) is 9.88 Å². The summed E-state index contributed by atoms with van der Waals surface area (Å²) < 4.78 is 5.89. The van der Waals surface area contributed by atoms with Gasteiger partial charge in [0.2, 0.25) is 0 Å². The normalized spacial score (nSPS) is 16.6. The van der Waals surface area contributed by atoms with E-state index in [1.165, 1.54) is 0 Å². The molecule has 0 radical (unpaired) electrons. The number of fused-ring (bicyclic) bond motifs is 1. The van der Waals surface area contributed by atoms with Crippen LogP contribution in [0.15, 0.2) is 47.0 Å². The van der Waals surface area contributed by atoms with Crippen molar-refractivity contribution in [3.8, 4) is 0 Å². The van der Waals surface area contributed by atoms with Crippen molar-refractivity contribution in [2.75, 3.05) is 13.1 Å². The molecule has 140 valence electrons. The highest BCUT2D eigenvalue weighted by molar-refractivity contribution is 5.99. The van der Waals surface area contributed by atoms with E-state index in [2.05, 4.69) is 4.98 Å². The Bertz CT molecular complexity index is 956. The molecule has 1 aliphatic heterocycles. The van der Waals surface area contributed by atoms with Crippen LogP contribution in [0.5, 0.6) is 0 Å². The average molecular weight is 364 g/mol. The quantitative estimate of drug-likeness (QED) is 0.762. The molecule has 1 saturated heterocycles. The van der Waals surface area contributed by atoms with Gasteiger partial charge >= 0.3 is 0 Å². The van der Waals surface area contributed by atoms with Crippen LogP contribution in [0.25, 0.3) is 11.0 Å². The lowest BCUT2D eigenvalue weighted by Gasteiger charge is -2.33. The first-order valence-electron chi connectivity index (χ1n) is 9.42. The molecule has 0 bridgehead atoms. The first-order valence-corrected chi connectivity index (χ1v) is 9.42. The summed E-state index contributed by atoms with van der Waals surface area (Å²) in [5.41, 5.74) is 3.47. The Hall–Kier alpha value is -2.66. The summed E-state index contributed by atoms with van der Waals surface area (Å²) in [6, 6.07) is 11.6. The summed E-state index contributed by atoms with van der Waals surface area (Å²) in [4.78, 5) is 19.1. The molecule has 5 nitrogen and oxygen atoms in total. The molecule has 0 saturated carbocycles. The van der Waals surface area contributed by atoms with Gasteiger partial charge in [-0.25, -0.2) is 0 Å². The van der Waals surface area contributed by atoms with Crippen molar-refractivity contribution in [1.29, 1.82) is 0 Å². The number of pyridine rings is 1. The lowest BCUT2D eigenvalue weighted by atomic mass is 9.89. The number of aliphatic hydroxyl groups excluding tert-OH is 1. The van der Waals surface area contributed by atoms with E-state index in [0.717, 1.165) is 34.9 Å². The van der Waals surface area contributed by atoms with E-state index in [9.17, 15) is 9.90 Å². The molecule has 1 N–H and O–H groups in total. The molecule has 1 atom stereocenters. The Morgan fingerprint density at radius 3 is 2.70 bits per heavy atom. The Morgan fingerprint density at radius 1 is 1.22 bits per heavy atom. The van der Waals surface area contributed by atoms with Crippen LogP contribution < -0.4 is 0 Å². The number of aryl methyl sites for hydroxylation is 2. The minimum absolute atomic E-state index is 0.0628. The lowest BCUT2D eigenvalue weighted by Crippen LogP contribution is -2.40. The molecular weight excluding hydrogens is 340 g/mol. The van der Waals surface area contributed by atoms with E-state index < -0.39 is 6.10 Å². The van der Waals surface area contributed by atoms with Crippen LogP contribution in [0.1, 0.15) is 46.3 Å². The standard InChI is InChI=1S/C22H24N2O3/c1-14-6-7-17-15(2)21(27-19(17)13-14)22(26)24-11-8-16(9-12-24)20(25)18-5-3-4-10-23-18/h3-7,10,13,16,20,25H,8-9,11-12H2,1-2H3/t20-/m1/s1. The summed E-state index contributed by atoms with van der Waals surface area (Å²) in [7, 11) is 0. The summed E-state index contributed by atoms with van der Waals surface area (Å²) in [5, 5.41) is 11.6. The predicted molar refractivity (Wildman–Crippen MR) is 104 cm³/mol. The third-order valence-corrected chi connectivity index (χ3v) is 5.55. The maximum atomic E-state index is 13.0. The minimum atomic E-state index is -0.584. The average Bonchev–Trinajstić information content (AvgIpc) is 3.03. The van der Waals surface area contributed by atoms with Gasteiger partial charge < -0.3 is 14.4 Å². The van der Waals surface area contributed by atoms with E-state index in [1.807, 2.05) is 55.1 Å². The number of piperidine rings is 1. The zero-order valence-electron chi connectivity index (χ0n) is 15.7. The summed E-state index contributed by atoms with van der Waals surface area (Å²) in [6.45, 7) is 5.17. The molecule has 2 aromatic heterocycles. The molecule has 3 aromatic rings. The third kappa shape index (κ3) is 3.35. The second kappa shape index (κ2) is 7.16. The van der Waals surface area contributed by atoms with Gasteiger partial charge in [-0.1, -0.05) is 18.2 Å². The number of furan rings is 1. The number of benzene rings is 1. The van der Waals surface area contributed by atoms with E-state index in [1.54, 1.807) is 6.20 Å². The maximum Gasteiger partial charge on any atom is 0.289 e. The summed E-state index contributed by atoms with van der Waals surface area (Å²) in [5.74, 6) is 0.481. The molecule has 0 aliphatic carbocycles. The van der Waals surface area contributed by atoms with Crippen LogP contribution in [0.2, 0.25) is 0 Å². The van der Waals surface area contributed by atoms with E-state index in [-0.39, 0.29) is 11.8 Å². The molecule has 0 spiro atoms. The maximum absolute atomic E-state index is 13.0. The molecule has 4 rings (SSSR count). The molecular formula is C22H24N2O3. The van der Waals surface area contributed by atoms with Gasteiger partial charge in [0, 0.05) is 30.2 Å². The first-order chi connectivity index (χ1) is 13.0. The summed E-state index contributed by atoms with van der Waals surface area (Å²) >= 11 is 0. The predicted octanol–water partition coefficient (Wildman–Crippen LogP) is 4.03. The zero-order chi connectivity index (χ0) is 19.0. The number of amides is 1. The van der Waals surface area contributed by atoms with Gasteiger partial charge in [0.25, 0.3) is 5.91 Å². The largest absolute Gasteiger partial charge is 0.451 e. The molecule has 5 heteroatoms. The Labute approximate surface area is 158 Å². The van der Waals surface area contributed by atoms with Crippen molar-refractivity contribution in [2.24, 2.45) is 5.92 Å². The molecule has 27 heavy (non-hydrogen) atoms. The van der Waals surface area contributed by atoms with Crippen molar-refractivity contribution in [3.63, 3.8) is 0 Å². The van der Waals surface area contributed by atoms with Gasteiger partial charge in [-0.2, -0.15) is 0 Å². The number of aromatic nitrogens is 1. The lowest BCUT2D eigenvalue weighted by molar-refractivity contribution is 0.0429. The van der Waals surface area contributed by atoms with Gasteiger partial charge in [0.05, 0.1) is 11.8 Å². The Balaban J connectivity index is 1.47. The molecule has 3 heterocycles. The second-order valence-corrected chi connectivity index (χ2v) is 7.38. The van der Waals surface area contributed by atoms with Gasteiger partial charge in [-0.15, -0.1) is 0 Å². The van der Waals surface area contributed by atoms with E-state index in [4.69, 9.17) is 4.42 Å². The fraction of sp³-hybridized carbons (Fsp3) is 0.364. The highest BCUT2D eigenvalue weighted by atomic mass is 16.3. The first kappa shape index (κ1) is 17.7. The second-order valence-electron chi connectivity index (χ2n) is 7.38. The molecule has 1 aliphatic rings. The van der Waals surface area contributed by atoms with Crippen LogP contribution in [0, 0.1) is 19.8 Å². The van der Waals surface area contributed by atoms with Crippen molar-refractivity contribution < 1.29 is 14.3 Å². The number of likely N-dealkylation sites (tertiary alicyclic amines) is 1. The van der Waals surface area contributed by atoms with Crippen molar-refractivity contribution >= 4 is 16.9 Å². The number of nitrogens with zero attached hydrogens (tertiary/aromatic N) is 2. The van der Waals surface area contributed by atoms with Crippen LogP contribution in [-0.4, -0.2) is 34.0 Å². The minimum Gasteiger partial charge on any atom is -0.451 e. The van der Waals surface area contributed by atoms with Gasteiger partial charge in [0.1, 0.15) is 5.58 Å². The SMILES string of the molecule is Cc1ccc2c(C)c(C(=O)N3CCC([C@@H](O)c4ccccn4)CC3)oc2c1. The fourth-order valence-corrected chi connectivity index (χ4v) is 3.89. The topological polar surface area (TPSA) is 66.6 Å². The van der Waals surface area contributed by atoms with Gasteiger partial charge in [0.15, 0.2) is 5.76 Å². The summed E-state index contributed by atoms with van der Waals surface area (Å²) in [6.07, 6.45) is 2.62. The molecule has 0 unspecified atom stereocenters. The molecule has 1 aromatic carbocycles. The number of hydrogen-bond donors (Lipinski definition) is 1. The van der Waals surface area contributed by atoms with Crippen LogP contribution in [0.3, 0.4) is 0 Å². The zero-order valence-corrected chi connectivity index (χ0v) is 15.7. The number of hydrogen-bond acceptors (Lipinski definition) is 4. The monoisotopic (exact) mass is 364 g/mol. The Kier molecular flexibility index (Phi) is 4.70. The van der Waals surface area contributed by atoms with E-state index in [0.29, 0.717) is 24.5 Å². The van der Waals surface area contributed by atoms with Crippen molar-refractivity contribution in [3.05, 3.63) is 65.2 Å². The van der Waals surface area contributed by atoms with Crippen LogP contribution in [-0.2, 0) is 0 Å². The third-order valence-electron chi connectivity index (χ3n) is 5.55. The number of aliphatic hydroxyl groups is 1. The number of carbonyl (C=O) groups is 1. The highest BCUT2D eigenvalue weighted by Gasteiger charge is 2.31. The van der Waals surface area contributed by atoms with Crippen LogP contribution in [0.4, 0.5) is 0 Å². The van der Waals surface area contributed by atoms with Crippen LogP contribution >= 0.6 is 0 Å². The Morgan fingerprint density at radius 2 is 2.00 bits per heavy atom. The van der Waals surface area contributed by atoms with E-state index >= 15 is 0 Å². The number of rotatable bonds is 3. The van der Waals surface area contributed by atoms with Crippen molar-refractivity contribution in [2.45, 2.75) is 32.8 Å². The molecule has 1 fully saturated rings. The van der Waals surface area contributed by atoms with Gasteiger partial charge in [-0.3, -0.25) is 9.78 Å². The fourth-order valence-electron chi connectivity index (χ4n) is 3.89.